The fourth-order valence-electron chi connectivity index (χ4n) is 2.77. The summed E-state index contributed by atoms with van der Waals surface area (Å²) in [7, 11) is 3.04. The van der Waals surface area contributed by atoms with Gasteiger partial charge in [-0.2, -0.15) is 0 Å². The molecule has 112 valence electrons. The largest absolute Gasteiger partial charge is 0.465 e. The van der Waals surface area contributed by atoms with Gasteiger partial charge in [0.25, 0.3) is 0 Å². The predicted octanol–water partition coefficient (Wildman–Crippen LogP) is 3.70. The Balaban J connectivity index is 2.40. The Kier molecular flexibility index (Phi) is 3.94. The maximum atomic E-state index is 12.4. The highest BCUT2D eigenvalue weighted by Gasteiger charge is 2.23. The number of hydrogen-bond donors (Lipinski definition) is 0. The molecule has 0 aliphatic heterocycles. The van der Waals surface area contributed by atoms with E-state index in [0.717, 1.165) is 22.2 Å². The molecule has 4 heteroatoms. The molecule has 1 heterocycles. The lowest BCUT2D eigenvalue weighted by Crippen LogP contribution is -2.06. The molecule has 0 saturated heterocycles. The summed E-state index contributed by atoms with van der Waals surface area (Å²) in [5.74, 6) is -0.343. The van der Waals surface area contributed by atoms with Crippen LogP contribution in [-0.4, -0.2) is 24.8 Å². The van der Waals surface area contributed by atoms with Crippen molar-refractivity contribution in [2.24, 2.45) is 0 Å². The molecule has 0 spiro atoms. The molecule has 22 heavy (non-hydrogen) atoms. The van der Waals surface area contributed by atoms with Gasteiger partial charge >= 0.3 is 5.97 Å². The van der Waals surface area contributed by atoms with E-state index in [-0.39, 0.29) is 5.97 Å². The third-order valence-corrected chi connectivity index (χ3v) is 3.67. The first kappa shape index (κ1) is 14.4. The highest BCUT2D eigenvalue weighted by Crippen LogP contribution is 2.34. The van der Waals surface area contributed by atoms with Crippen LogP contribution in [0.15, 0.2) is 54.6 Å². The Morgan fingerprint density at radius 1 is 1.00 bits per heavy atom. The van der Waals surface area contributed by atoms with Gasteiger partial charge in [-0.3, -0.25) is 0 Å². The Labute approximate surface area is 128 Å². The minimum absolute atomic E-state index is 0.343. The van der Waals surface area contributed by atoms with Gasteiger partial charge in [0.05, 0.1) is 23.9 Å². The first-order valence-electron chi connectivity index (χ1n) is 7.01. The van der Waals surface area contributed by atoms with E-state index in [1.54, 1.807) is 7.11 Å². The molecule has 3 rings (SSSR count). The Bertz CT molecular complexity index is 806. The van der Waals surface area contributed by atoms with Gasteiger partial charge in [0.15, 0.2) is 0 Å². The third kappa shape index (κ3) is 2.27. The van der Waals surface area contributed by atoms with Crippen LogP contribution >= 0.6 is 0 Å². The van der Waals surface area contributed by atoms with Gasteiger partial charge in [-0.25, -0.2) is 4.79 Å². The Hall–Kier alpha value is -2.59. The smallest absolute Gasteiger partial charge is 0.340 e. The fraction of sp³-hybridized carbons (Fsp3) is 0.167. The number of para-hydroxylation sites is 1. The number of rotatable bonds is 4. The topological polar surface area (TPSA) is 40.5 Å². The van der Waals surface area contributed by atoms with Crippen molar-refractivity contribution >= 4 is 16.9 Å². The maximum Gasteiger partial charge on any atom is 0.340 e. The number of aromatic nitrogens is 1. The van der Waals surface area contributed by atoms with Crippen molar-refractivity contribution in [3.63, 3.8) is 0 Å². The van der Waals surface area contributed by atoms with Crippen molar-refractivity contribution in [2.75, 3.05) is 14.2 Å². The molecule has 3 aromatic rings. The van der Waals surface area contributed by atoms with Gasteiger partial charge in [0.2, 0.25) is 0 Å². The molecule has 0 aliphatic carbocycles. The van der Waals surface area contributed by atoms with Crippen molar-refractivity contribution < 1.29 is 14.3 Å². The van der Waals surface area contributed by atoms with E-state index in [2.05, 4.69) is 0 Å². The molecule has 0 saturated carbocycles. The zero-order chi connectivity index (χ0) is 15.5. The molecule has 0 amide bonds. The van der Waals surface area contributed by atoms with Gasteiger partial charge in [0.1, 0.15) is 6.73 Å². The number of hydrogen-bond acceptors (Lipinski definition) is 3. The first-order chi connectivity index (χ1) is 10.8. The van der Waals surface area contributed by atoms with Gasteiger partial charge in [-0.15, -0.1) is 0 Å². The summed E-state index contributed by atoms with van der Waals surface area (Å²) in [6.45, 7) is 0.363. The molecule has 1 aromatic heterocycles. The van der Waals surface area contributed by atoms with E-state index >= 15 is 0 Å². The number of carbonyl (C=O) groups excluding carboxylic acids is 1. The second-order valence-electron chi connectivity index (χ2n) is 4.94. The van der Waals surface area contributed by atoms with E-state index in [4.69, 9.17) is 9.47 Å². The molecule has 0 radical (unpaired) electrons. The van der Waals surface area contributed by atoms with Crippen LogP contribution in [-0.2, 0) is 16.2 Å². The summed E-state index contributed by atoms with van der Waals surface area (Å²) >= 11 is 0. The SMILES string of the molecule is COCn1c(-c2ccccc2)c(C(=O)OC)c2ccccc21. The average Bonchev–Trinajstić information content (AvgIpc) is 2.90. The second-order valence-corrected chi connectivity index (χ2v) is 4.94. The Morgan fingerprint density at radius 2 is 1.68 bits per heavy atom. The van der Waals surface area contributed by atoms with Gasteiger partial charge < -0.3 is 14.0 Å². The van der Waals surface area contributed by atoms with Crippen LogP contribution in [0.3, 0.4) is 0 Å². The van der Waals surface area contributed by atoms with Crippen molar-refractivity contribution in [3.8, 4) is 11.3 Å². The summed E-state index contributed by atoms with van der Waals surface area (Å²) in [5, 5.41) is 0.866. The van der Waals surface area contributed by atoms with Crippen LogP contribution in [0.5, 0.6) is 0 Å². The molecule has 0 unspecified atom stereocenters. The first-order valence-corrected chi connectivity index (χ1v) is 7.01. The highest BCUT2D eigenvalue weighted by atomic mass is 16.5. The van der Waals surface area contributed by atoms with E-state index in [0.29, 0.717) is 12.3 Å². The zero-order valence-electron chi connectivity index (χ0n) is 12.6. The van der Waals surface area contributed by atoms with Crippen LogP contribution < -0.4 is 0 Å². The molecular formula is C18H17NO3. The molecule has 0 fully saturated rings. The van der Waals surface area contributed by atoms with Crippen molar-refractivity contribution in [1.29, 1.82) is 0 Å². The fourth-order valence-corrected chi connectivity index (χ4v) is 2.77. The maximum absolute atomic E-state index is 12.4. The molecular weight excluding hydrogens is 278 g/mol. The second kappa shape index (κ2) is 6.03. The number of methoxy groups -OCH3 is 2. The number of nitrogens with zero attached hydrogens (tertiary/aromatic N) is 1. The average molecular weight is 295 g/mol. The lowest BCUT2D eigenvalue weighted by Gasteiger charge is -2.11. The lowest BCUT2D eigenvalue weighted by molar-refractivity contribution is 0.0603. The quantitative estimate of drug-likeness (QED) is 0.689. The normalized spacial score (nSPS) is 10.8. The number of benzene rings is 2. The van der Waals surface area contributed by atoms with E-state index in [9.17, 15) is 4.79 Å². The predicted molar refractivity (Wildman–Crippen MR) is 85.7 cm³/mol. The van der Waals surface area contributed by atoms with Crippen LogP contribution in [0.2, 0.25) is 0 Å². The lowest BCUT2D eigenvalue weighted by atomic mass is 10.1. The number of fused-ring (bicyclic) bond motifs is 1. The van der Waals surface area contributed by atoms with Gasteiger partial charge in [0, 0.05) is 12.5 Å². The van der Waals surface area contributed by atoms with Crippen LogP contribution in [0, 0.1) is 0 Å². The van der Waals surface area contributed by atoms with Gasteiger partial charge in [-0.1, -0.05) is 48.5 Å². The minimum Gasteiger partial charge on any atom is -0.465 e. The van der Waals surface area contributed by atoms with Crippen LogP contribution in [0.1, 0.15) is 10.4 Å². The van der Waals surface area contributed by atoms with Crippen molar-refractivity contribution in [1.82, 2.24) is 4.57 Å². The summed E-state index contributed by atoms with van der Waals surface area (Å²) < 4.78 is 12.3. The molecule has 2 aromatic carbocycles. The molecule has 4 nitrogen and oxygen atoms in total. The summed E-state index contributed by atoms with van der Waals surface area (Å²) in [5.41, 5.74) is 3.29. The van der Waals surface area contributed by atoms with Crippen LogP contribution in [0.4, 0.5) is 0 Å². The minimum atomic E-state index is -0.343. The third-order valence-electron chi connectivity index (χ3n) is 3.67. The number of esters is 1. The summed E-state index contributed by atoms with van der Waals surface area (Å²) in [6, 6.07) is 17.6. The van der Waals surface area contributed by atoms with Crippen molar-refractivity contribution in [3.05, 3.63) is 60.2 Å². The molecule has 0 bridgehead atoms. The molecule has 0 atom stereocenters. The highest BCUT2D eigenvalue weighted by molar-refractivity contribution is 6.10. The summed E-state index contributed by atoms with van der Waals surface area (Å²) in [6.07, 6.45) is 0. The summed E-state index contributed by atoms with van der Waals surface area (Å²) in [4.78, 5) is 12.4. The van der Waals surface area contributed by atoms with E-state index < -0.39 is 0 Å². The monoisotopic (exact) mass is 295 g/mol. The Morgan fingerprint density at radius 3 is 2.36 bits per heavy atom. The molecule has 0 aliphatic rings. The number of carbonyl (C=O) groups is 1. The number of ether oxygens (including phenoxy) is 2. The van der Waals surface area contributed by atoms with Gasteiger partial charge in [-0.05, 0) is 11.6 Å². The van der Waals surface area contributed by atoms with E-state index in [1.807, 2.05) is 59.2 Å². The zero-order valence-corrected chi connectivity index (χ0v) is 12.6. The van der Waals surface area contributed by atoms with E-state index in [1.165, 1.54) is 7.11 Å². The standard InChI is InChI=1S/C18H17NO3/c1-21-12-19-15-11-7-6-10-14(15)16(18(20)22-2)17(19)13-8-4-3-5-9-13/h3-11H,12H2,1-2H3. The van der Waals surface area contributed by atoms with Crippen LogP contribution in [0.25, 0.3) is 22.2 Å². The molecule has 0 N–H and O–H groups in total. The van der Waals surface area contributed by atoms with Crippen molar-refractivity contribution in [2.45, 2.75) is 6.73 Å².